The summed E-state index contributed by atoms with van der Waals surface area (Å²) < 4.78 is 0. The molecule has 11 heavy (non-hydrogen) atoms. The zero-order valence-electron chi connectivity index (χ0n) is 6.76. The highest BCUT2D eigenvalue weighted by Gasteiger charge is 2.14. The smallest absolute Gasteiger partial charge is 0.337 e. The molecule has 0 saturated carbocycles. The molecule has 0 spiro atoms. The number of aromatic carboxylic acids is 1. The first-order chi connectivity index (χ1) is 5.04. The first-order valence-electron chi connectivity index (χ1n) is 3.34. The molecule has 1 rings (SSSR count). The molecule has 1 aromatic rings. The lowest BCUT2D eigenvalue weighted by Crippen LogP contribution is -1.98. The van der Waals surface area contributed by atoms with Gasteiger partial charge in [-0.15, -0.1) is 11.3 Å². The zero-order valence-corrected chi connectivity index (χ0v) is 7.58. The van der Waals surface area contributed by atoms with Crippen LogP contribution in [-0.2, 0) is 0 Å². The Balaban J connectivity index is 3.34. The van der Waals surface area contributed by atoms with Crippen LogP contribution < -0.4 is 0 Å². The van der Waals surface area contributed by atoms with Crippen molar-refractivity contribution in [1.29, 1.82) is 0 Å². The van der Waals surface area contributed by atoms with Crippen molar-refractivity contribution in [2.75, 3.05) is 0 Å². The molecule has 1 heterocycles. The van der Waals surface area contributed by atoms with E-state index in [1.807, 2.05) is 20.8 Å². The van der Waals surface area contributed by atoms with Crippen LogP contribution in [0.2, 0.25) is 0 Å². The number of carbonyl (C=O) groups is 1. The van der Waals surface area contributed by atoms with Crippen molar-refractivity contribution in [3.63, 3.8) is 0 Å². The maximum absolute atomic E-state index is 10.7. The lowest BCUT2D eigenvalue weighted by molar-refractivity contribution is 0.0696. The molecule has 0 saturated heterocycles. The summed E-state index contributed by atoms with van der Waals surface area (Å²) in [6.45, 7) is 5.63. The lowest BCUT2D eigenvalue weighted by Gasteiger charge is -1.92. The second-order valence-electron chi connectivity index (χ2n) is 2.52. The maximum Gasteiger partial charge on any atom is 0.337 e. The van der Waals surface area contributed by atoms with Crippen molar-refractivity contribution < 1.29 is 9.90 Å². The molecular weight excluding hydrogens is 160 g/mol. The van der Waals surface area contributed by atoms with E-state index in [9.17, 15) is 4.79 Å². The van der Waals surface area contributed by atoms with Gasteiger partial charge in [-0.3, -0.25) is 0 Å². The minimum absolute atomic E-state index is 0.479. The predicted octanol–water partition coefficient (Wildman–Crippen LogP) is 2.37. The second kappa shape index (κ2) is 2.66. The second-order valence-corrected chi connectivity index (χ2v) is 3.95. The molecule has 0 aromatic carbocycles. The third-order valence-corrected chi connectivity index (χ3v) is 2.90. The Kier molecular flexibility index (Phi) is 2.00. The number of rotatable bonds is 1. The molecule has 0 fully saturated rings. The van der Waals surface area contributed by atoms with Gasteiger partial charge in [0.05, 0.1) is 5.56 Å². The molecular formula is C8H10O2S. The zero-order chi connectivity index (χ0) is 8.59. The maximum atomic E-state index is 10.7. The quantitative estimate of drug-likeness (QED) is 0.702. The Morgan fingerprint density at radius 2 is 1.82 bits per heavy atom. The normalized spacial score (nSPS) is 10.1. The Labute approximate surface area is 69.5 Å². The van der Waals surface area contributed by atoms with Crippen LogP contribution in [0.1, 0.15) is 25.7 Å². The van der Waals surface area contributed by atoms with Gasteiger partial charge in [0.15, 0.2) is 0 Å². The fourth-order valence-electron chi connectivity index (χ4n) is 1.11. The molecule has 0 aliphatic rings. The van der Waals surface area contributed by atoms with Crippen molar-refractivity contribution in [1.82, 2.24) is 0 Å². The van der Waals surface area contributed by atoms with Gasteiger partial charge in [-0.05, 0) is 26.3 Å². The van der Waals surface area contributed by atoms with E-state index < -0.39 is 5.97 Å². The molecule has 0 radical (unpaired) electrons. The van der Waals surface area contributed by atoms with E-state index in [0.29, 0.717) is 5.56 Å². The molecule has 0 bridgehead atoms. The number of hydrogen-bond acceptors (Lipinski definition) is 2. The van der Waals surface area contributed by atoms with E-state index in [0.717, 1.165) is 15.3 Å². The topological polar surface area (TPSA) is 37.3 Å². The fourth-order valence-corrected chi connectivity index (χ4v) is 2.17. The van der Waals surface area contributed by atoms with Crippen LogP contribution in [0.5, 0.6) is 0 Å². The number of thiophene rings is 1. The largest absolute Gasteiger partial charge is 0.478 e. The third-order valence-electron chi connectivity index (χ3n) is 1.78. The first-order valence-corrected chi connectivity index (χ1v) is 4.15. The van der Waals surface area contributed by atoms with Crippen molar-refractivity contribution in [3.8, 4) is 0 Å². The minimum atomic E-state index is -0.815. The number of aryl methyl sites for hydroxylation is 2. The van der Waals surface area contributed by atoms with Gasteiger partial charge in [0, 0.05) is 9.75 Å². The van der Waals surface area contributed by atoms with Gasteiger partial charge in [-0.25, -0.2) is 4.79 Å². The summed E-state index contributed by atoms with van der Waals surface area (Å²) in [6, 6.07) is 0. The highest BCUT2D eigenvalue weighted by molar-refractivity contribution is 7.12. The van der Waals surface area contributed by atoms with E-state index in [1.165, 1.54) is 0 Å². The monoisotopic (exact) mass is 170 g/mol. The molecule has 60 valence electrons. The summed E-state index contributed by atoms with van der Waals surface area (Å²) in [5, 5.41) is 8.77. The van der Waals surface area contributed by atoms with Crippen molar-refractivity contribution in [2.45, 2.75) is 20.8 Å². The minimum Gasteiger partial charge on any atom is -0.478 e. The summed E-state index contributed by atoms with van der Waals surface area (Å²) in [5.41, 5.74) is 1.38. The number of carboxylic acid groups (broad SMARTS) is 1. The number of hydrogen-bond donors (Lipinski definition) is 1. The summed E-state index contributed by atoms with van der Waals surface area (Å²) in [7, 11) is 0. The van der Waals surface area contributed by atoms with Gasteiger partial charge in [-0.2, -0.15) is 0 Å². The van der Waals surface area contributed by atoms with Crippen molar-refractivity contribution in [2.24, 2.45) is 0 Å². The van der Waals surface area contributed by atoms with Gasteiger partial charge in [-0.1, -0.05) is 0 Å². The predicted molar refractivity (Wildman–Crippen MR) is 45.5 cm³/mol. The van der Waals surface area contributed by atoms with Gasteiger partial charge in [0.25, 0.3) is 0 Å². The lowest BCUT2D eigenvalue weighted by atomic mass is 10.1. The average Bonchev–Trinajstić information content (AvgIpc) is 2.07. The van der Waals surface area contributed by atoms with E-state index in [1.54, 1.807) is 11.3 Å². The molecule has 0 amide bonds. The summed E-state index contributed by atoms with van der Waals surface area (Å²) in [4.78, 5) is 12.7. The Morgan fingerprint density at radius 3 is 2.00 bits per heavy atom. The molecule has 0 unspecified atom stereocenters. The Bertz CT molecular complexity index is 299. The van der Waals surface area contributed by atoms with Crippen molar-refractivity contribution >= 4 is 17.3 Å². The Morgan fingerprint density at radius 1 is 1.27 bits per heavy atom. The van der Waals surface area contributed by atoms with E-state index in [2.05, 4.69) is 0 Å². The standard InChI is InChI=1S/C8H10O2S/c1-4-5(2)11-6(3)7(4)8(9)10/h1-3H3,(H,9,10). The molecule has 0 aliphatic carbocycles. The average molecular weight is 170 g/mol. The van der Waals surface area contributed by atoms with Gasteiger partial charge >= 0.3 is 5.97 Å². The molecule has 0 atom stereocenters. The highest BCUT2D eigenvalue weighted by Crippen LogP contribution is 2.25. The van der Waals surface area contributed by atoms with Crippen LogP contribution >= 0.6 is 11.3 Å². The van der Waals surface area contributed by atoms with E-state index in [-0.39, 0.29) is 0 Å². The van der Waals surface area contributed by atoms with Crippen LogP contribution in [0.4, 0.5) is 0 Å². The summed E-state index contributed by atoms with van der Waals surface area (Å²) in [5.74, 6) is -0.815. The molecule has 3 heteroatoms. The van der Waals surface area contributed by atoms with Crippen molar-refractivity contribution in [3.05, 3.63) is 20.9 Å². The SMILES string of the molecule is Cc1sc(C)c(C(=O)O)c1C. The third kappa shape index (κ3) is 1.28. The van der Waals surface area contributed by atoms with Crippen LogP contribution in [0.15, 0.2) is 0 Å². The molecule has 1 aromatic heterocycles. The molecule has 2 nitrogen and oxygen atoms in total. The molecule has 0 aliphatic heterocycles. The fraction of sp³-hybridized carbons (Fsp3) is 0.375. The van der Waals surface area contributed by atoms with Gasteiger partial charge in [0.1, 0.15) is 0 Å². The van der Waals surface area contributed by atoms with Crippen LogP contribution in [0, 0.1) is 20.8 Å². The van der Waals surface area contributed by atoms with E-state index in [4.69, 9.17) is 5.11 Å². The summed E-state index contributed by atoms with van der Waals surface area (Å²) in [6.07, 6.45) is 0. The first kappa shape index (κ1) is 8.27. The van der Waals surface area contributed by atoms with Gasteiger partial charge in [0.2, 0.25) is 0 Å². The van der Waals surface area contributed by atoms with Crippen LogP contribution in [0.25, 0.3) is 0 Å². The van der Waals surface area contributed by atoms with Crippen LogP contribution in [0.3, 0.4) is 0 Å². The summed E-state index contributed by atoms with van der Waals surface area (Å²) >= 11 is 1.54. The van der Waals surface area contributed by atoms with E-state index >= 15 is 0 Å². The number of carboxylic acids is 1. The highest BCUT2D eigenvalue weighted by atomic mass is 32.1. The van der Waals surface area contributed by atoms with Gasteiger partial charge < -0.3 is 5.11 Å². The Hall–Kier alpha value is -0.830. The van der Waals surface area contributed by atoms with Crippen LogP contribution in [-0.4, -0.2) is 11.1 Å². The molecule has 1 N–H and O–H groups in total.